The fraction of sp³-hybridized carbons (Fsp3) is 0.357. The van der Waals surface area contributed by atoms with Crippen molar-refractivity contribution in [3.05, 3.63) is 46.5 Å². The molecule has 0 fully saturated rings. The average Bonchev–Trinajstić information content (AvgIpc) is 2.36. The average molecular weight is 268 g/mol. The summed E-state index contributed by atoms with van der Waals surface area (Å²) in [6.07, 6.45) is 0.717. The summed E-state index contributed by atoms with van der Waals surface area (Å²) in [6, 6.07) is 7.12. The minimum atomic E-state index is -0.870. The van der Waals surface area contributed by atoms with Crippen molar-refractivity contribution in [1.82, 2.24) is 4.90 Å². The van der Waals surface area contributed by atoms with Crippen molar-refractivity contribution >= 4 is 17.6 Å². The largest absolute Gasteiger partial charge is 0.478 e. The second kappa shape index (κ2) is 7.19. The molecule has 0 aliphatic rings. The van der Waals surface area contributed by atoms with Crippen LogP contribution in [0.15, 0.2) is 35.4 Å². The number of carboxylic acid groups (broad SMARTS) is 1. The number of benzene rings is 1. The van der Waals surface area contributed by atoms with Gasteiger partial charge in [0.25, 0.3) is 0 Å². The van der Waals surface area contributed by atoms with E-state index < -0.39 is 5.97 Å². The van der Waals surface area contributed by atoms with Gasteiger partial charge in [-0.3, -0.25) is 0 Å². The molecule has 1 aromatic rings. The van der Waals surface area contributed by atoms with Crippen LogP contribution in [0.4, 0.5) is 0 Å². The highest BCUT2D eigenvalue weighted by Crippen LogP contribution is 2.10. The van der Waals surface area contributed by atoms with Gasteiger partial charge in [0.05, 0.1) is 5.56 Å². The van der Waals surface area contributed by atoms with Gasteiger partial charge in [0.15, 0.2) is 0 Å². The Bertz CT molecular complexity index is 443. The minimum absolute atomic E-state index is 0.385. The van der Waals surface area contributed by atoms with Crippen molar-refractivity contribution in [3.63, 3.8) is 0 Å². The predicted molar refractivity (Wildman–Crippen MR) is 74.2 cm³/mol. The van der Waals surface area contributed by atoms with Crippen LogP contribution in [0.5, 0.6) is 0 Å². The van der Waals surface area contributed by atoms with Gasteiger partial charge in [0.1, 0.15) is 0 Å². The smallest absolute Gasteiger partial charge is 0.335 e. The molecular weight excluding hydrogens is 250 g/mol. The van der Waals surface area contributed by atoms with Crippen molar-refractivity contribution in [3.8, 4) is 0 Å². The SMILES string of the molecule is C/C(=C\Cl)CN(C)CCc1ccccc1C(=O)O. The normalized spacial score (nSPS) is 11.9. The highest BCUT2D eigenvalue weighted by molar-refractivity contribution is 6.25. The zero-order valence-corrected chi connectivity index (χ0v) is 11.4. The highest BCUT2D eigenvalue weighted by atomic mass is 35.5. The first-order chi connectivity index (χ1) is 8.54. The molecule has 0 heterocycles. The first-order valence-electron chi connectivity index (χ1n) is 5.80. The van der Waals surface area contributed by atoms with Crippen LogP contribution < -0.4 is 0 Å². The van der Waals surface area contributed by atoms with Crippen LogP contribution in [0.1, 0.15) is 22.8 Å². The van der Waals surface area contributed by atoms with Crippen LogP contribution in [0, 0.1) is 0 Å². The van der Waals surface area contributed by atoms with E-state index in [9.17, 15) is 4.79 Å². The van der Waals surface area contributed by atoms with Crippen LogP contribution in [-0.4, -0.2) is 36.1 Å². The summed E-state index contributed by atoms with van der Waals surface area (Å²) in [4.78, 5) is 13.2. The molecule has 1 rings (SSSR count). The van der Waals surface area contributed by atoms with Gasteiger partial charge in [-0.15, -0.1) is 0 Å². The maximum atomic E-state index is 11.1. The van der Waals surface area contributed by atoms with E-state index in [1.54, 1.807) is 17.7 Å². The Balaban J connectivity index is 2.61. The van der Waals surface area contributed by atoms with Gasteiger partial charge >= 0.3 is 5.97 Å². The molecule has 0 aliphatic heterocycles. The Kier molecular flexibility index (Phi) is 5.89. The molecule has 98 valence electrons. The number of rotatable bonds is 6. The number of carboxylic acids is 1. The third-order valence-corrected chi connectivity index (χ3v) is 3.09. The summed E-state index contributed by atoms with van der Waals surface area (Å²) in [5, 5.41) is 9.07. The van der Waals surface area contributed by atoms with Gasteiger partial charge in [-0.1, -0.05) is 29.8 Å². The van der Waals surface area contributed by atoms with Crippen LogP contribution in [-0.2, 0) is 6.42 Å². The van der Waals surface area contributed by atoms with E-state index in [0.29, 0.717) is 12.0 Å². The number of carbonyl (C=O) groups is 1. The molecule has 0 unspecified atom stereocenters. The van der Waals surface area contributed by atoms with Crippen molar-refractivity contribution in [2.75, 3.05) is 20.1 Å². The number of hydrogen-bond acceptors (Lipinski definition) is 2. The maximum Gasteiger partial charge on any atom is 0.335 e. The first kappa shape index (κ1) is 14.7. The number of nitrogens with zero attached hydrogens (tertiary/aromatic N) is 1. The molecule has 4 heteroatoms. The Hall–Kier alpha value is -1.32. The van der Waals surface area contributed by atoms with E-state index in [2.05, 4.69) is 4.90 Å². The Morgan fingerprint density at radius 1 is 1.44 bits per heavy atom. The summed E-state index contributed by atoms with van der Waals surface area (Å²) in [5.41, 5.74) is 3.91. The topological polar surface area (TPSA) is 40.5 Å². The third-order valence-electron chi connectivity index (χ3n) is 2.72. The molecule has 0 spiro atoms. The molecule has 0 saturated carbocycles. The summed E-state index contributed by atoms with van der Waals surface area (Å²) >= 11 is 5.61. The van der Waals surface area contributed by atoms with Crippen LogP contribution >= 0.6 is 11.6 Å². The van der Waals surface area contributed by atoms with Crippen LogP contribution in [0.2, 0.25) is 0 Å². The highest BCUT2D eigenvalue weighted by Gasteiger charge is 2.09. The third kappa shape index (κ3) is 4.51. The molecule has 1 N–H and O–H groups in total. The Labute approximate surface area is 113 Å². The van der Waals surface area contributed by atoms with Gasteiger partial charge in [-0.2, -0.15) is 0 Å². The second-order valence-electron chi connectivity index (χ2n) is 4.41. The number of aromatic carboxylic acids is 1. The Morgan fingerprint density at radius 3 is 2.72 bits per heavy atom. The number of likely N-dealkylation sites (N-methyl/N-ethyl adjacent to an activating group) is 1. The van der Waals surface area contributed by atoms with Gasteiger partial charge in [-0.05, 0) is 37.6 Å². The number of hydrogen-bond donors (Lipinski definition) is 1. The van der Waals surface area contributed by atoms with Crippen molar-refractivity contribution in [2.24, 2.45) is 0 Å². The van der Waals surface area contributed by atoms with Crippen molar-refractivity contribution in [1.29, 1.82) is 0 Å². The molecule has 1 aromatic carbocycles. The lowest BCUT2D eigenvalue weighted by molar-refractivity contribution is 0.0695. The van der Waals surface area contributed by atoms with Crippen LogP contribution in [0.25, 0.3) is 0 Å². The second-order valence-corrected chi connectivity index (χ2v) is 4.62. The van der Waals surface area contributed by atoms with E-state index >= 15 is 0 Å². The maximum absolute atomic E-state index is 11.1. The fourth-order valence-corrected chi connectivity index (χ4v) is 1.87. The van der Waals surface area contributed by atoms with Crippen molar-refractivity contribution < 1.29 is 9.90 Å². The molecular formula is C14H18ClNO2. The molecule has 18 heavy (non-hydrogen) atoms. The molecule has 0 aliphatic carbocycles. The summed E-state index contributed by atoms with van der Waals surface area (Å²) in [6.45, 7) is 3.56. The van der Waals surface area contributed by atoms with Gasteiger partial charge in [0, 0.05) is 18.6 Å². The van der Waals surface area contributed by atoms with E-state index in [4.69, 9.17) is 16.7 Å². The Morgan fingerprint density at radius 2 is 2.11 bits per heavy atom. The molecule has 0 atom stereocenters. The molecule has 0 radical (unpaired) electrons. The zero-order valence-electron chi connectivity index (χ0n) is 10.7. The van der Waals surface area contributed by atoms with E-state index in [1.165, 1.54) is 0 Å². The van der Waals surface area contributed by atoms with E-state index in [-0.39, 0.29) is 0 Å². The molecule has 0 aromatic heterocycles. The van der Waals surface area contributed by atoms with E-state index in [1.807, 2.05) is 26.1 Å². The zero-order chi connectivity index (χ0) is 13.5. The van der Waals surface area contributed by atoms with Gasteiger partial charge in [0.2, 0.25) is 0 Å². The number of halogens is 1. The lowest BCUT2D eigenvalue weighted by Crippen LogP contribution is -2.23. The lowest BCUT2D eigenvalue weighted by Gasteiger charge is -2.17. The fourth-order valence-electron chi connectivity index (χ4n) is 1.80. The van der Waals surface area contributed by atoms with Crippen LogP contribution in [0.3, 0.4) is 0 Å². The standard InChI is InChI=1S/C14H18ClNO2/c1-11(9-15)10-16(2)8-7-12-5-3-4-6-13(12)14(17)18/h3-6,9H,7-8,10H2,1-2H3,(H,17,18)/b11-9+. The molecule has 0 amide bonds. The van der Waals surface area contributed by atoms with Gasteiger partial charge < -0.3 is 10.0 Å². The van der Waals surface area contributed by atoms with Gasteiger partial charge in [-0.25, -0.2) is 4.79 Å². The minimum Gasteiger partial charge on any atom is -0.478 e. The predicted octanol–water partition coefficient (Wildman–Crippen LogP) is 3.00. The first-order valence-corrected chi connectivity index (χ1v) is 6.24. The summed E-state index contributed by atoms with van der Waals surface area (Å²) in [5.74, 6) is -0.870. The van der Waals surface area contributed by atoms with Crippen molar-refractivity contribution in [2.45, 2.75) is 13.3 Å². The van der Waals surface area contributed by atoms with E-state index in [0.717, 1.165) is 24.2 Å². The summed E-state index contributed by atoms with van der Waals surface area (Å²) in [7, 11) is 1.99. The lowest BCUT2D eigenvalue weighted by atomic mass is 10.0. The summed E-state index contributed by atoms with van der Waals surface area (Å²) < 4.78 is 0. The monoisotopic (exact) mass is 267 g/mol. The quantitative estimate of drug-likeness (QED) is 0.861. The molecule has 0 bridgehead atoms. The molecule has 0 saturated heterocycles. The molecule has 3 nitrogen and oxygen atoms in total.